The van der Waals surface area contributed by atoms with Crippen LogP contribution in [-0.4, -0.2) is 21.6 Å². The highest BCUT2D eigenvalue weighted by molar-refractivity contribution is 9.09. The number of nitriles is 1. The lowest BCUT2D eigenvalue weighted by molar-refractivity contribution is 0.0168. The summed E-state index contributed by atoms with van der Waals surface area (Å²) in [7, 11) is 0. The molecule has 0 heterocycles. The van der Waals surface area contributed by atoms with E-state index in [1.807, 2.05) is 19.1 Å². The maximum atomic E-state index is 9.99. The summed E-state index contributed by atoms with van der Waals surface area (Å²) in [5.74, 6) is 0. The lowest BCUT2D eigenvalue weighted by atomic mass is 9.94. The van der Waals surface area contributed by atoms with Crippen molar-refractivity contribution in [3.8, 4) is 6.07 Å². The van der Waals surface area contributed by atoms with Gasteiger partial charge in [0.2, 0.25) is 0 Å². The molecule has 0 saturated carbocycles. The van der Waals surface area contributed by atoms with E-state index in [0.717, 1.165) is 5.56 Å². The first-order valence-electron chi connectivity index (χ1n) is 5.03. The molecule has 2 unspecified atom stereocenters. The Hall–Kier alpha value is -0.890. The lowest BCUT2D eigenvalue weighted by Gasteiger charge is -2.20. The third kappa shape index (κ3) is 2.82. The van der Waals surface area contributed by atoms with Crippen LogP contribution < -0.4 is 0 Å². The monoisotopic (exact) mass is 283 g/mol. The lowest BCUT2D eigenvalue weighted by Crippen LogP contribution is -2.20. The minimum atomic E-state index is -1.01. The van der Waals surface area contributed by atoms with Gasteiger partial charge in [0, 0.05) is 10.9 Å². The fourth-order valence-electron chi connectivity index (χ4n) is 1.63. The number of benzene rings is 1. The summed E-state index contributed by atoms with van der Waals surface area (Å²) in [5.41, 5.74) is 1.76. The average molecular weight is 284 g/mol. The molecule has 0 radical (unpaired) electrons. The van der Waals surface area contributed by atoms with Gasteiger partial charge in [-0.3, -0.25) is 0 Å². The van der Waals surface area contributed by atoms with Crippen molar-refractivity contribution in [3.63, 3.8) is 0 Å². The third-order valence-corrected chi connectivity index (χ3v) is 2.97. The van der Waals surface area contributed by atoms with Gasteiger partial charge in [0.1, 0.15) is 6.10 Å². The Morgan fingerprint density at radius 1 is 1.44 bits per heavy atom. The van der Waals surface area contributed by atoms with Gasteiger partial charge in [0.15, 0.2) is 0 Å². The van der Waals surface area contributed by atoms with Gasteiger partial charge in [-0.1, -0.05) is 28.1 Å². The Morgan fingerprint density at radius 2 is 2.12 bits per heavy atom. The molecule has 2 N–H and O–H groups in total. The van der Waals surface area contributed by atoms with Gasteiger partial charge in [-0.15, -0.1) is 0 Å². The van der Waals surface area contributed by atoms with Crippen LogP contribution in [-0.2, 0) is 0 Å². The van der Waals surface area contributed by atoms with E-state index >= 15 is 0 Å². The van der Waals surface area contributed by atoms with Crippen LogP contribution in [0.2, 0.25) is 0 Å². The third-order valence-electron chi connectivity index (χ3n) is 2.51. The number of rotatable bonds is 4. The van der Waals surface area contributed by atoms with E-state index in [9.17, 15) is 10.2 Å². The van der Waals surface area contributed by atoms with Crippen molar-refractivity contribution in [2.24, 2.45) is 0 Å². The highest BCUT2D eigenvalue weighted by atomic mass is 79.9. The zero-order chi connectivity index (χ0) is 12.1. The summed E-state index contributed by atoms with van der Waals surface area (Å²) in [4.78, 5) is 0. The van der Waals surface area contributed by atoms with Crippen LogP contribution in [0.25, 0.3) is 0 Å². The number of aliphatic hydroxyl groups is 2. The zero-order valence-corrected chi connectivity index (χ0v) is 10.6. The van der Waals surface area contributed by atoms with Crippen LogP contribution in [0.5, 0.6) is 0 Å². The maximum Gasteiger partial charge on any atom is 0.106 e. The second-order valence-corrected chi connectivity index (χ2v) is 4.43. The highest BCUT2D eigenvalue weighted by Crippen LogP contribution is 2.26. The van der Waals surface area contributed by atoms with E-state index in [4.69, 9.17) is 5.26 Å². The van der Waals surface area contributed by atoms with E-state index < -0.39 is 12.2 Å². The fourth-order valence-corrected chi connectivity index (χ4v) is 2.10. The van der Waals surface area contributed by atoms with Gasteiger partial charge in [0.05, 0.1) is 17.7 Å². The number of nitrogens with zero attached hydrogens (tertiary/aromatic N) is 1. The van der Waals surface area contributed by atoms with Crippen LogP contribution in [0.1, 0.15) is 29.2 Å². The van der Waals surface area contributed by atoms with E-state index in [1.165, 1.54) is 0 Å². The molecular formula is C12H14BrNO2. The van der Waals surface area contributed by atoms with Crippen molar-refractivity contribution in [2.45, 2.75) is 25.6 Å². The molecule has 1 aromatic carbocycles. The molecule has 0 aromatic heterocycles. The molecule has 0 amide bonds. The van der Waals surface area contributed by atoms with Gasteiger partial charge in [0.25, 0.3) is 0 Å². The summed E-state index contributed by atoms with van der Waals surface area (Å²) in [5, 5.41) is 29.3. The largest absolute Gasteiger partial charge is 0.390 e. The van der Waals surface area contributed by atoms with Crippen molar-refractivity contribution in [3.05, 3.63) is 34.9 Å². The molecule has 0 aliphatic carbocycles. The standard InChI is InChI=1S/C12H14BrNO2/c1-8-3-2-4-9(7-14)11(8)12(16)10(15)5-6-13/h2-4,10,12,15-16H,5-6H2,1H3. The first kappa shape index (κ1) is 13.2. The molecular weight excluding hydrogens is 270 g/mol. The summed E-state index contributed by atoms with van der Waals surface area (Å²) in [6.45, 7) is 1.82. The topological polar surface area (TPSA) is 64.2 Å². The number of hydrogen-bond donors (Lipinski definition) is 2. The molecule has 0 bridgehead atoms. The van der Waals surface area contributed by atoms with Gasteiger partial charge in [-0.05, 0) is 25.0 Å². The Bertz CT molecular complexity index is 400. The summed E-state index contributed by atoms with van der Waals surface area (Å²) in [6.07, 6.45) is -1.42. The normalized spacial score (nSPS) is 14.2. The number of aryl methyl sites for hydroxylation is 1. The first-order chi connectivity index (χ1) is 7.61. The maximum absolute atomic E-state index is 9.99. The van der Waals surface area contributed by atoms with Crippen LogP contribution in [0.3, 0.4) is 0 Å². The van der Waals surface area contributed by atoms with E-state index in [1.54, 1.807) is 12.1 Å². The number of halogens is 1. The predicted molar refractivity (Wildman–Crippen MR) is 65.3 cm³/mol. The predicted octanol–water partition coefficient (Wildman–Crippen LogP) is 2.05. The van der Waals surface area contributed by atoms with Crippen molar-refractivity contribution in [1.29, 1.82) is 5.26 Å². The van der Waals surface area contributed by atoms with Crippen molar-refractivity contribution in [2.75, 3.05) is 5.33 Å². The van der Waals surface area contributed by atoms with Crippen LogP contribution in [0.15, 0.2) is 18.2 Å². The Balaban J connectivity index is 3.07. The Morgan fingerprint density at radius 3 is 2.69 bits per heavy atom. The summed E-state index contributed by atoms with van der Waals surface area (Å²) >= 11 is 3.21. The Kier molecular flexibility index (Phi) is 4.94. The number of hydrogen-bond acceptors (Lipinski definition) is 3. The second-order valence-electron chi connectivity index (χ2n) is 3.64. The number of alkyl halides is 1. The molecule has 0 aliphatic heterocycles. The minimum Gasteiger partial charge on any atom is -0.390 e. The molecule has 0 saturated heterocycles. The molecule has 1 aromatic rings. The van der Waals surface area contributed by atoms with Gasteiger partial charge in [-0.25, -0.2) is 0 Å². The second kappa shape index (κ2) is 6.00. The minimum absolute atomic E-state index is 0.418. The van der Waals surface area contributed by atoms with E-state index in [2.05, 4.69) is 15.9 Å². The molecule has 1 rings (SSSR count). The first-order valence-corrected chi connectivity index (χ1v) is 6.15. The molecule has 16 heavy (non-hydrogen) atoms. The van der Waals surface area contributed by atoms with Gasteiger partial charge < -0.3 is 10.2 Å². The SMILES string of the molecule is Cc1cccc(C#N)c1C(O)C(O)CCBr. The molecule has 3 nitrogen and oxygen atoms in total. The van der Waals surface area contributed by atoms with Gasteiger partial charge in [-0.2, -0.15) is 5.26 Å². The summed E-state index contributed by atoms with van der Waals surface area (Å²) < 4.78 is 0. The van der Waals surface area contributed by atoms with Gasteiger partial charge >= 0.3 is 0 Å². The zero-order valence-electron chi connectivity index (χ0n) is 9.02. The highest BCUT2D eigenvalue weighted by Gasteiger charge is 2.22. The average Bonchev–Trinajstić information content (AvgIpc) is 2.28. The van der Waals surface area contributed by atoms with Crippen molar-refractivity contribution < 1.29 is 10.2 Å². The smallest absolute Gasteiger partial charge is 0.106 e. The van der Waals surface area contributed by atoms with E-state index in [0.29, 0.717) is 22.9 Å². The van der Waals surface area contributed by atoms with Crippen LogP contribution in [0, 0.1) is 18.3 Å². The van der Waals surface area contributed by atoms with Crippen molar-refractivity contribution >= 4 is 15.9 Å². The van der Waals surface area contributed by atoms with Crippen LogP contribution >= 0.6 is 15.9 Å². The van der Waals surface area contributed by atoms with Crippen molar-refractivity contribution in [1.82, 2.24) is 0 Å². The molecule has 86 valence electrons. The Labute approximate surface area is 103 Å². The summed E-state index contributed by atoms with van der Waals surface area (Å²) in [6, 6.07) is 7.26. The quantitative estimate of drug-likeness (QED) is 0.832. The number of aliphatic hydroxyl groups excluding tert-OH is 2. The fraction of sp³-hybridized carbons (Fsp3) is 0.417. The molecule has 4 heteroatoms. The molecule has 0 aliphatic rings. The molecule has 0 spiro atoms. The molecule has 0 fully saturated rings. The van der Waals surface area contributed by atoms with Crippen LogP contribution in [0.4, 0.5) is 0 Å². The molecule has 2 atom stereocenters. The van der Waals surface area contributed by atoms with E-state index in [-0.39, 0.29) is 0 Å².